The van der Waals surface area contributed by atoms with Gasteiger partial charge in [-0.3, -0.25) is 14.4 Å². The van der Waals surface area contributed by atoms with Gasteiger partial charge in [0.25, 0.3) is 0 Å². The van der Waals surface area contributed by atoms with Crippen LogP contribution in [-0.4, -0.2) is 41.4 Å². The lowest BCUT2D eigenvalue weighted by Gasteiger charge is -2.29. The maximum atomic E-state index is 12.4. The topological polar surface area (TPSA) is 87.8 Å². The van der Waals surface area contributed by atoms with Gasteiger partial charge in [0.2, 0.25) is 11.8 Å². The van der Waals surface area contributed by atoms with Crippen molar-refractivity contribution in [1.29, 1.82) is 0 Å². The fraction of sp³-hybridized carbons (Fsp3) is 0.812. The Kier molecular flexibility index (Phi) is 4.61. The van der Waals surface area contributed by atoms with Gasteiger partial charge in [-0.1, -0.05) is 20.8 Å². The van der Waals surface area contributed by atoms with E-state index in [9.17, 15) is 14.4 Å². The van der Waals surface area contributed by atoms with E-state index < -0.39 is 17.7 Å². The van der Waals surface area contributed by atoms with Gasteiger partial charge in [0.05, 0.1) is 12.1 Å². The first-order valence-electron chi connectivity index (χ1n) is 7.94. The molecular formula is C16H26N2O4. The first kappa shape index (κ1) is 16.9. The predicted molar refractivity (Wildman–Crippen MR) is 81.1 cm³/mol. The lowest BCUT2D eigenvalue weighted by molar-refractivity contribution is -0.133. The van der Waals surface area contributed by atoms with Crippen molar-refractivity contribution >= 4 is 17.6 Å². The van der Waals surface area contributed by atoms with Crippen LogP contribution in [0.2, 0.25) is 0 Å². The summed E-state index contributed by atoms with van der Waals surface area (Å²) in [6, 6.07) is -1.14. The maximum absolute atomic E-state index is 12.4. The second kappa shape index (κ2) is 5.99. The first-order chi connectivity index (χ1) is 10.1. The minimum absolute atomic E-state index is 0.0186. The number of nitrogens with one attached hydrogen (secondary N) is 2. The van der Waals surface area contributed by atoms with Crippen molar-refractivity contribution in [3.8, 4) is 0 Å². The van der Waals surface area contributed by atoms with Gasteiger partial charge < -0.3 is 15.4 Å². The minimum Gasteiger partial charge on any atom is -0.358 e. The molecule has 124 valence electrons. The number of Topliss-reactive ketones (excluding diaryl/α,β-unsaturated/α-hetero) is 1. The van der Waals surface area contributed by atoms with Gasteiger partial charge in [0.1, 0.15) is 6.04 Å². The Labute approximate surface area is 131 Å². The summed E-state index contributed by atoms with van der Waals surface area (Å²) in [5, 5.41) is 5.47. The van der Waals surface area contributed by atoms with Crippen LogP contribution >= 0.6 is 0 Å². The molecule has 1 aliphatic carbocycles. The summed E-state index contributed by atoms with van der Waals surface area (Å²) in [5.41, 5.74) is -0.739. The van der Waals surface area contributed by atoms with Gasteiger partial charge in [-0.25, -0.2) is 0 Å². The normalized spacial score (nSPS) is 34.8. The summed E-state index contributed by atoms with van der Waals surface area (Å²) in [4.78, 5) is 36.1. The largest absolute Gasteiger partial charge is 0.358 e. The second-order valence-electron chi connectivity index (χ2n) is 7.17. The smallest absolute Gasteiger partial charge is 0.243 e. The van der Waals surface area contributed by atoms with E-state index in [1.807, 2.05) is 20.8 Å². The van der Waals surface area contributed by atoms with E-state index in [1.54, 1.807) is 6.92 Å². The highest BCUT2D eigenvalue weighted by molar-refractivity contribution is 5.99. The molecule has 2 N–H and O–H groups in total. The van der Waals surface area contributed by atoms with Gasteiger partial charge in [-0.2, -0.15) is 0 Å². The van der Waals surface area contributed by atoms with Crippen molar-refractivity contribution in [3.63, 3.8) is 0 Å². The zero-order valence-electron chi connectivity index (χ0n) is 13.9. The highest BCUT2D eigenvalue weighted by Crippen LogP contribution is 2.48. The highest BCUT2D eigenvalue weighted by atomic mass is 16.6. The fourth-order valence-electron chi connectivity index (χ4n) is 3.38. The molecule has 0 spiro atoms. The molecule has 0 bridgehead atoms. The van der Waals surface area contributed by atoms with Crippen molar-refractivity contribution in [1.82, 2.24) is 10.6 Å². The van der Waals surface area contributed by atoms with Gasteiger partial charge in [-0.05, 0) is 31.6 Å². The Bertz CT molecular complexity index is 491. The van der Waals surface area contributed by atoms with Crippen molar-refractivity contribution in [2.75, 3.05) is 0 Å². The third kappa shape index (κ3) is 3.32. The molecule has 0 aromatic carbocycles. The minimum atomic E-state index is -0.739. The Hall–Kier alpha value is -1.43. The average Bonchev–Trinajstić information content (AvgIpc) is 3.08. The molecule has 1 aliphatic heterocycles. The van der Waals surface area contributed by atoms with E-state index in [-0.39, 0.29) is 35.5 Å². The third-order valence-corrected chi connectivity index (χ3v) is 4.51. The van der Waals surface area contributed by atoms with Crippen molar-refractivity contribution < 1.29 is 19.1 Å². The Morgan fingerprint density at radius 2 is 2.05 bits per heavy atom. The zero-order valence-corrected chi connectivity index (χ0v) is 13.9. The number of carbonyl (C=O) groups is 3. The maximum Gasteiger partial charge on any atom is 0.243 e. The van der Waals surface area contributed by atoms with Crippen LogP contribution in [0.25, 0.3) is 0 Å². The molecule has 2 aliphatic rings. The third-order valence-electron chi connectivity index (χ3n) is 4.51. The van der Waals surface area contributed by atoms with Gasteiger partial charge in [0.15, 0.2) is 11.4 Å². The second-order valence-corrected chi connectivity index (χ2v) is 7.17. The first-order valence-corrected chi connectivity index (χ1v) is 7.94. The Morgan fingerprint density at radius 3 is 2.59 bits per heavy atom. The number of fused-ring (bicyclic) bond motifs is 1. The Morgan fingerprint density at radius 1 is 1.41 bits per heavy atom. The van der Waals surface area contributed by atoms with Crippen LogP contribution in [0, 0.1) is 11.8 Å². The standard InChI is InChI=1S/C16H26N2O4/c1-8(2)6-12(17-10(4)19)15(21)18-11-7-9(3)14-16(5,22-14)13(11)20/h8-9,11-12,14H,6-7H2,1-5H3,(H,17,19)(H,18,21). The molecule has 0 aromatic heterocycles. The highest BCUT2D eigenvalue weighted by Gasteiger charge is 2.65. The van der Waals surface area contributed by atoms with Crippen molar-refractivity contribution in [2.24, 2.45) is 11.8 Å². The molecule has 1 heterocycles. The number of epoxide rings is 1. The van der Waals surface area contributed by atoms with E-state index in [1.165, 1.54) is 6.92 Å². The van der Waals surface area contributed by atoms with Crippen molar-refractivity contribution in [3.05, 3.63) is 0 Å². The van der Waals surface area contributed by atoms with Crippen LogP contribution in [0.15, 0.2) is 0 Å². The number of rotatable bonds is 5. The number of ether oxygens (including phenoxy) is 1. The van der Waals surface area contributed by atoms with E-state index in [0.29, 0.717) is 12.8 Å². The van der Waals surface area contributed by atoms with Crippen LogP contribution in [0.4, 0.5) is 0 Å². The summed E-state index contributed by atoms with van der Waals surface area (Å²) in [6.45, 7) is 9.17. The molecular weight excluding hydrogens is 284 g/mol. The van der Waals surface area contributed by atoms with Crippen LogP contribution < -0.4 is 10.6 Å². The SMILES string of the molecule is CC(=O)NC(CC(C)C)C(=O)NC1CC(C)C2OC2(C)C1=O. The molecule has 6 nitrogen and oxygen atoms in total. The molecule has 0 aromatic rings. The van der Waals surface area contributed by atoms with Crippen LogP contribution in [0.3, 0.4) is 0 Å². The number of hydrogen-bond acceptors (Lipinski definition) is 4. The molecule has 2 fully saturated rings. The lowest BCUT2D eigenvalue weighted by atomic mass is 9.79. The molecule has 2 rings (SSSR count). The monoisotopic (exact) mass is 310 g/mol. The Balaban J connectivity index is 2.02. The van der Waals surface area contributed by atoms with Crippen LogP contribution in [0.5, 0.6) is 0 Å². The fourth-order valence-corrected chi connectivity index (χ4v) is 3.38. The lowest BCUT2D eigenvalue weighted by Crippen LogP contribution is -2.56. The summed E-state index contributed by atoms with van der Waals surface area (Å²) >= 11 is 0. The molecule has 1 saturated heterocycles. The quantitative estimate of drug-likeness (QED) is 0.735. The predicted octanol–water partition coefficient (Wildman–Crippen LogP) is 0.788. The van der Waals surface area contributed by atoms with Crippen LogP contribution in [0.1, 0.15) is 47.5 Å². The molecule has 5 atom stereocenters. The molecule has 5 unspecified atom stereocenters. The van der Waals surface area contributed by atoms with Gasteiger partial charge in [-0.15, -0.1) is 0 Å². The van der Waals surface area contributed by atoms with Crippen molar-refractivity contribution in [2.45, 2.75) is 71.2 Å². The molecule has 2 amide bonds. The molecule has 6 heteroatoms. The van der Waals surface area contributed by atoms with E-state index in [2.05, 4.69) is 10.6 Å². The molecule has 0 radical (unpaired) electrons. The number of carbonyl (C=O) groups excluding carboxylic acids is 3. The summed E-state index contributed by atoms with van der Waals surface area (Å²) < 4.78 is 5.52. The molecule has 1 saturated carbocycles. The van der Waals surface area contributed by atoms with Crippen LogP contribution in [-0.2, 0) is 19.1 Å². The number of amides is 2. The summed E-state index contributed by atoms with van der Waals surface area (Å²) in [5.74, 6) is -0.108. The van der Waals surface area contributed by atoms with E-state index in [4.69, 9.17) is 4.74 Å². The number of ketones is 1. The summed E-state index contributed by atoms with van der Waals surface area (Å²) in [7, 11) is 0. The number of hydrogen-bond donors (Lipinski definition) is 2. The molecule has 22 heavy (non-hydrogen) atoms. The van der Waals surface area contributed by atoms with Gasteiger partial charge in [0, 0.05) is 6.92 Å². The average molecular weight is 310 g/mol. The summed E-state index contributed by atoms with van der Waals surface area (Å²) in [6.07, 6.45) is 1.10. The van der Waals surface area contributed by atoms with E-state index in [0.717, 1.165) is 0 Å². The van der Waals surface area contributed by atoms with Gasteiger partial charge >= 0.3 is 0 Å². The zero-order chi connectivity index (χ0) is 16.7. The van der Waals surface area contributed by atoms with E-state index >= 15 is 0 Å².